The number of rotatable bonds is 9. The van der Waals surface area contributed by atoms with Crippen LogP contribution in [0.1, 0.15) is 36.2 Å². The molecule has 1 amide bonds. The number of nitrogens with zero attached hydrogens (tertiary/aromatic N) is 1. The van der Waals surface area contributed by atoms with Crippen molar-refractivity contribution in [2.24, 2.45) is 5.92 Å². The lowest BCUT2D eigenvalue weighted by atomic mass is 10.1. The molecule has 0 aromatic heterocycles. The first-order valence-corrected chi connectivity index (χ1v) is 9.68. The van der Waals surface area contributed by atoms with Gasteiger partial charge in [-0.15, -0.1) is 0 Å². The van der Waals surface area contributed by atoms with Crippen LogP contribution >= 0.6 is 0 Å². The summed E-state index contributed by atoms with van der Waals surface area (Å²) in [6.07, 6.45) is 1.78. The Morgan fingerprint density at radius 3 is 2.26 bits per heavy atom. The number of hydrogen-bond acceptors (Lipinski definition) is 6. The molecule has 0 saturated carbocycles. The molecule has 0 radical (unpaired) electrons. The van der Waals surface area contributed by atoms with Crippen molar-refractivity contribution in [3.63, 3.8) is 0 Å². The first-order valence-electron chi connectivity index (χ1n) is 9.68. The summed E-state index contributed by atoms with van der Waals surface area (Å²) >= 11 is 0. The minimum Gasteiger partial charge on any atom is -0.497 e. The van der Waals surface area contributed by atoms with E-state index in [4.69, 9.17) is 9.47 Å². The average Bonchev–Trinajstić information content (AvgIpc) is 2.75. The van der Waals surface area contributed by atoms with Gasteiger partial charge >= 0.3 is 5.97 Å². The molecule has 1 N–H and O–H groups in total. The second kappa shape index (κ2) is 11.3. The molecular formula is C24H24N2O5. The third-order valence-corrected chi connectivity index (χ3v) is 4.19. The third-order valence-electron chi connectivity index (χ3n) is 4.19. The van der Waals surface area contributed by atoms with Crippen molar-refractivity contribution in [1.82, 2.24) is 0 Å². The summed E-state index contributed by atoms with van der Waals surface area (Å²) in [6.45, 7) is 3.40. The lowest BCUT2D eigenvalue weighted by Gasteiger charge is -2.08. The Bertz CT molecular complexity index is 1000. The SMILES string of the molecule is COc1ccc(/C=C(\C#N)C(=O)OCC(=O)c2ccc(NC(=O)CC(C)C)cc2)cc1. The maximum Gasteiger partial charge on any atom is 0.349 e. The van der Waals surface area contributed by atoms with Gasteiger partial charge in [0.15, 0.2) is 12.4 Å². The van der Waals surface area contributed by atoms with Crippen LogP contribution in [0.15, 0.2) is 54.1 Å². The average molecular weight is 420 g/mol. The Balaban J connectivity index is 1.94. The Kier molecular flexibility index (Phi) is 8.52. The fraction of sp³-hybridized carbons (Fsp3) is 0.250. The van der Waals surface area contributed by atoms with Crippen molar-refractivity contribution in [2.75, 3.05) is 19.0 Å². The minimum atomic E-state index is -0.885. The predicted octanol–water partition coefficient (Wildman–Crippen LogP) is 4.01. The number of esters is 1. The van der Waals surface area contributed by atoms with Crippen LogP contribution in [0.25, 0.3) is 6.08 Å². The second-order valence-corrected chi connectivity index (χ2v) is 7.17. The number of Topliss-reactive ketones (excluding diaryl/α,β-unsaturated/α-hetero) is 1. The van der Waals surface area contributed by atoms with Crippen molar-refractivity contribution in [2.45, 2.75) is 20.3 Å². The van der Waals surface area contributed by atoms with Crippen LogP contribution in [0.4, 0.5) is 5.69 Å². The molecule has 0 unspecified atom stereocenters. The molecular weight excluding hydrogens is 396 g/mol. The fourth-order valence-electron chi connectivity index (χ4n) is 2.62. The molecule has 7 nitrogen and oxygen atoms in total. The van der Waals surface area contributed by atoms with Gasteiger partial charge in [0.2, 0.25) is 5.91 Å². The van der Waals surface area contributed by atoms with Crippen LogP contribution < -0.4 is 10.1 Å². The molecule has 0 fully saturated rings. The minimum absolute atomic E-state index is 0.101. The van der Waals surface area contributed by atoms with Gasteiger partial charge in [-0.2, -0.15) is 5.26 Å². The molecule has 0 heterocycles. The highest BCUT2D eigenvalue weighted by atomic mass is 16.5. The molecule has 31 heavy (non-hydrogen) atoms. The van der Waals surface area contributed by atoms with Gasteiger partial charge in [-0.1, -0.05) is 26.0 Å². The fourth-order valence-corrected chi connectivity index (χ4v) is 2.62. The van der Waals surface area contributed by atoms with Crippen molar-refractivity contribution < 1.29 is 23.9 Å². The van der Waals surface area contributed by atoms with E-state index in [2.05, 4.69) is 5.32 Å². The number of ketones is 1. The number of ether oxygens (including phenoxy) is 2. The van der Waals surface area contributed by atoms with Crippen LogP contribution in [-0.4, -0.2) is 31.4 Å². The van der Waals surface area contributed by atoms with Gasteiger partial charge in [0.25, 0.3) is 0 Å². The highest BCUT2D eigenvalue weighted by Crippen LogP contribution is 2.15. The molecule has 7 heteroatoms. The molecule has 2 rings (SSSR count). The summed E-state index contributed by atoms with van der Waals surface area (Å²) < 4.78 is 10.1. The van der Waals surface area contributed by atoms with Gasteiger partial charge in [0.05, 0.1) is 7.11 Å². The molecule has 0 bridgehead atoms. The van der Waals surface area contributed by atoms with Gasteiger partial charge < -0.3 is 14.8 Å². The number of carbonyl (C=O) groups excluding carboxylic acids is 3. The van der Waals surface area contributed by atoms with Gasteiger partial charge in [0, 0.05) is 17.7 Å². The van der Waals surface area contributed by atoms with E-state index in [0.717, 1.165) is 0 Å². The molecule has 0 saturated heterocycles. The number of nitriles is 1. The monoisotopic (exact) mass is 420 g/mol. The molecule has 0 aliphatic heterocycles. The zero-order valence-electron chi connectivity index (χ0n) is 17.7. The van der Waals surface area contributed by atoms with Gasteiger partial charge in [-0.3, -0.25) is 9.59 Å². The van der Waals surface area contributed by atoms with E-state index in [1.165, 1.54) is 13.2 Å². The first kappa shape index (κ1) is 23.4. The molecule has 0 atom stereocenters. The number of nitrogens with one attached hydrogen (secondary N) is 1. The number of methoxy groups -OCH3 is 1. The number of anilines is 1. The predicted molar refractivity (Wildman–Crippen MR) is 116 cm³/mol. The maximum atomic E-state index is 12.3. The summed E-state index contributed by atoms with van der Waals surface area (Å²) in [6, 6.07) is 14.9. The van der Waals surface area contributed by atoms with Crippen LogP contribution in [-0.2, 0) is 14.3 Å². The Morgan fingerprint density at radius 2 is 1.71 bits per heavy atom. The quantitative estimate of drug-likeness (QED) is 0.284. The number of amides is 1. The van der Waals surface area contributed by atoms with Crippen molar-refractivity contribution >= 4 is 29.4 Å². The third kappa shape index (κ3) is 7.44. The zero-order valence-corrected chi connectivity index (χ0v) is 17.7. The normalized spacial score (nSPS) is 10.9. The Morgan fingerprint density at radius 1 is 1.06 bits per heavy atom. The number of hydrogen-bond donors (Lipinski definition) is 1. The van der Waals surface area contributed by atoms with Crippen LogP contribution in [0.5, 0.6) is 5.75 Å². The van der Waals surface area contributed by atoms with Crippen molar-refractivity contribution in [1.29, 1.82) is 5.26 Å². The van der Waals surface area contributed by atoms with E-state index in [1.807, 2.05) is 13.8 Å². The summed E-state index contributed by atoms with van der Waals surface area (Å²) in [5, 5.41) is 12.0. The van der Waals surface area contributed by atoms with E-state index >= 15 is 0 Å². The van der Waals surface area contributed by atoms with Gasteiger partial charge in [-0.05, 0) is 54.0 Å². The second-order valence-electron chi connectivity index (χ2n) is 7.17. The molecule has 0 spiro atoms. The maximum absolute atomic E-state index is 12.3. The Hall–Kier alpha value is -3.92. The highest BCUT2D eigenvalue weighted by molar-refractivity contribution is 6.02. The summed E-state index contributed by atoms with van der Waals surface area (Å²) in [5.74, 6) is -0.517. The number of benzene rings is 2. The standard InChI is InChI=1S/C24H24N2O5/c1-16(2)12-23(28)26-20-8-6-18(7-9-20)22(27)15-31-24(29)19(14-25)13-17-4-10-21(30-3)11-5-17/h4-11,13,16H,12,15H2,1-3H3,(H,26,28)/b19-13+. The van der Waals surface area contributed by atoms with E-state index in [9.17, 15) is 19.6 Å². The Labute approximate surface area is 181 Å². The van der Waals surface area contributed by atoms with Crippen molar-refractivity contribution in [3.8, 4) is 11.8 Å². The van der Waals surface area contributed by atoms with Crippen LogP contribution in [0.3, 0.4) is 0 Å². The molecule has 160 valence electrons. The van der Waals surface area contributed by atoms with Crippen LogP contribution in [0, 0.1) is 17.2 Å². The lowest BCUT2D eigenvalue weighted by molar-refractivity contribution is -0.137. The molecule has 2 aromatic carbocycles. The summed E-state index contributed by atoms with van der Waals surface area (Å²) in [5.41, 5.74) is 1.30. The van der Waals surface area contributed by atoms with E-state index in [1.54, 1.807) is 54.6 Å². The van der Waals surface area contributed by atoms with E-state index in [0.29, 0.717) is 29.0 Å². The van der Waals surface area contributed by atoms with Crippen molar-refractivity contribution in [3.05, 3.63) is 65.2 Å². The van der Waals surface area contributed by atoms with Gasteiger partial charge in [0.1, 0.15) is 17.4 Å². The summed E-state index contributed by atoms with van der Waals surface area (Å²) in [4.78, 5) is 36.3. The van der Waals surface area contributed by atoms with Crippen LogP contribution in [0.2, 0.25) is 0 Å². The largest absolute Gasteiger partial charge is 0.497 e. The van der Waals surface area contributed by atoms with E-state index < -0.39 is 18.4 Å². The first-order chi connectivity index (χ1) is 14.8. The van der Waals surface area contributed by atoms with E-state index in [-0.39, 0.29) is 17.4 Å². The summed E-state index contributed by atoms with van der Waals surface area (Å²) in [7, 11) is 1.54. The molecule has 0 aliphatic rings. The molecule has 0 aliphatic carbocycles. The smallest absolute Gasteiger partial charge is 0.349 e. The lowest BCUT2D eigenvalue weighted by Crippen LogP contribution is -2.16. The highest BCUT2D eigenvalue weighted by Gasteiger charge is 2.15. The topological polar surface area (TPSA) is 105 Å². The molecule has 2 aromatic rings. The zero-order chi connectivity index (χ0) is 22.8. The van der Waals surface area contributed by atoms with Gasteiger partial charge in [-0.25, -0.2) is 4.79 Å². The number of carbonyl (C=O) groups is 3.